The molecule has 51 heavy (non-hydrogen) atoms. The third kappa shape index (κ3) is 5.68. The molecule has 8 rings (SSSR count). The minimum absolute atomic E-state index is 0.00706. The Bertz CT molecular complexity index is 2400. The molecule has 0 amide bonds. The highest BCUT2D eigenvalue weighted by Gasteiger charge is 2.41. The van der Waals surface area contributed by atoms with Gasteiger partial charge in [-0.15, -0.1) is 0 Å². The van der Waals surface area contributed by atoms with Gasteiger partial charge in [-0.3, -0.25) is 0 Å². The molecular weight excluding hydrogens is 623 g/mol. The van der Waals surface area contributed by atoms with E-state index in [2.05, 4.69) is 114 Å². The molecule has 3 aliphatic carbocycles. The molecule has 0 saturated heterocycles. The summed E-state index contributed by atoms with van der Waals surface area (Å²) < 4.78 is 0. The van der Waals surface area contributed by atoms with Crippen LogP contribution in [0.5, 0.6) is 0 Å². The van der Waals surface area contributed by atoms with Crippen LogP contribution in [0.1, 0.15) is 53.0 Å². The van der Waals surface area contributed by atoms with Gasteiger partial charge in [0.1, 0.15) is 0 Å². The van der Waals surface area contributed by atoms with Crippen molar-refractivity contribution < 1.29 is 0 Å². The Hall–Kier alpha value is -6.61. The molecule has 1 heterocycles. The molecule has 1 aliphatic heterocycles. The summed E-state index contributed by atoms with van der Waals surface area (Å²) in [5, 5.41) is 33.8. The highest BCUT2D eigenvalue weighted by molar-refractivity contribution is 5.88. The fraction of sp³-hybridized carbons (Fsp3) is 0.152. The Labute approximate surface area is 299 Å². The fourth-order valence-corrected chi connectivity index (χ4v) is 8.01. The Morgan fingerprint density at radius 1 is 0.824 bits per heavy atom. The molecule has 244 valence electrons. The van der Waals surface area contributed by atoms with Crippen LogP contribution in [0, 0.1) is 46.8 Å². The largest absolute Gasteiger partial charge is 0.355 e. The van der Waals surface area contributed by atoms with E-state index in [9.17, 15) is 15.8 Å². The third-order valence-electron chi connectivity index (χ3n) is 10.5. The monoisotopic (exact) mass is 657 g/mol. The molecular formula is C46H35N5. The van der Waals surface area contributed by atoms with E-state index >= 15 is 0 Å². The van der Waals surface area contributed by atoms with Gasteiger partial charge in [-0.25, -0.2) is 0 Å². The van der Waals surface area contributed by atoms with Gasteiger partial charge in [0, 0.05) is 45.4 Å². The minimum atomic E-state index is -0.191. The molecule has 0 spiro atoms. The maximum absolute atomic E-state index is 10.3. The lowest BCUT2D eigenvalue weighted by molar-refractivity contribution is 0.708. The first-order valence-corrected chi connectivity index (χ1v) is 17.4. The summed E-state index contributed by atoms with van der Waals surface area (Å²) in [6.45, 7) is 2.10. The number of aryl methyl sites for hydroxylation is 1. The highest BCUT2D eigenvalue weighted by atomic mass is 15.2. The van der Waals surface area contributed by atoms with Crippen molar-refractivity contribution in [3.8, 4) is 29.3 Å². The number of nitriles is 3. The highest BCUT2D eigenvalue weighted by Crippen LogP contribution is 2.49. The third-order valence-corrected chi connectivity index (χ3v) is 10.5. The van der Waals surface area contributed by atoms with E-state index in [-0.39, 0.29) is 17.9 Å². The molecule has 4 aliphatic rings. The Morgan fingerprint density at radius 3 is 2.45 bits per heavy atom. The van der Waals surface area contributed by atoms with Crippen LogP contribution in [0.4, 0.5) is 11.4 Å². The van der Waals surface area contributed by atoms with Crippen LogP contribution in [0.3, 0.4) is 0 Å². The van der Waals surface area contributed by atoms with E-state index in [4.69, 9.17) is 0 Å². The van der Waals surface area contributed by atoms with Crippen molar-refractivity contribution >= 4 is 22.5 Å². The molecule has 4 aromatic rings. The van der Waals surface area contributed by atoms with Gasteiger partial charge in [-0.2, -0.15) is 15.8 Å². The summed E-state index contributed by atoms with van der Waals surface area (Å²) in [6.07, 6.45) is 17.1. The van der Waals surface area contributed by atoms with Crippen LogP contribution in [0.25, 0.3) is 22.3 Å². The summed E-state index contributed by atoms with van der Waals surface area (Å²) in [5.74, 6) is -0.184. The van der Waals surface area contributed by atoms with Crippen LogP contribution in [0.2, 0.25) is 0 Å². The van der Waals surface area contributed by atoms with E-state index in [1.165, 1.54) is 11.1 Å². The number of rotatable bonds is 6. The zero-order chi connectivity index (χ0) is 34.9. The second-order valence-electron chi connectivity index (χ2n) is 13.4. The first-order chi connectivity index (χ1) is 25.1. The van der Waals surface area contributed by atoms with E-state index in [1.807, 2.05) is 54.6 Å². The normalized spacial score (nSPS) is 20.2. The molecule has 4 aromatic carbocycles. The molecule has 3 unspecified atom stereocenters. The molecule has 0 aromatic heterocycles. The van der Waals surface area contributed by atoms with Crippen molar-refractivity contribution in [2.24, 2.45) is 5.92 Å². The van der Waals surface area contributed by atoms with Crippen molar-refractivity contribution in [1.82, 2.24) is 0 Å². The summed E-state index contributed by atoms with van der Waals surface area (Å²) in [7, 11) is 0. The maximum Gasteiger partial charge on any atom is 0.0998 e. The van der Waals surface area contributed by atoms with Crippen LogP contribution in [-0.2, 0) is 0 Å². The molecule has 5 heteroatoms. The van der Waals surface area contributed by atoms with Crippen molar-refractivity contribution in [2.75, 3.05) is 10.2 Å². The first kappa shape index (κ1) is 31.6. The average Bonchev–Trinajstić information content (AvgIpc) is 3.53. The van der Waals surface area contributed by atoms with Crippen molar-refractivity contribution in [3.05, 3.63) is 178 Å². The smallest absolute Gasteiger partial charge is 0.0998 e. The van der Waals surface area contributed by atoms with Crippen LogP contribution >= 0.6 is 0 Å². The van der Waals surface area contributed by atoms with E-state index < -0.39 is 0 Å². The number of benzene rings is 4. The number of anilines is 2. The van der Waals surface area contributed by atoms with E-state index in [1.54, 1.807) is 0 Å². The standard InChI is InChI=1S/C46H35N5/c1-30-10-2-3-14-37(30)41-24-31(27-47)20-23-43(41)50-42-17-6-4-15-38(42)40-26-33(21-22-34(40)28-48)32-11-8-13-36(25-32)51-44-18-7-5-16-39(44)46-35(29-49)12-9-19-45(46)51/h2-7,9-10,12-23,25-26,31,45-46,50H,8,11,24H2,1H3. The molecule has 1 N–H and O–H groups in total. The summed E-state index contributed by atoms with van der Waals surface area (Å²) in [6, 6.07) is 38.4. The topological polar surface area (TPSA) is 86.6 Å². The van der Waals surface area contributed by atoms with Gasteiger partial charge in [-0.05, 0) is 102 Å². The van der Waals surface area contributed by atoms with Gasteiger partial charge in [0.05, 0.1) is 35.7 Å². The Morgan fingerprint density at radius 2 is 1.63 bits per heavy atom. The second kappa shape index (κ2) is 13.4. The minimum Gasteiger partial charge on any atom is -0.355 e. The predicted octanol–water partition coefficient (Wildman–Crippen LogP) is 10.5. The fourth-order valence-electron chi connectivity index (χ4n) is 8.01. The van der Waals surface area contributed by atoms with Gasteiger partial charge in [-0.1, -0.05) is 91.0 Å². The lowest BCUT2D eigenvalue weighted by atomic mass is 9.84. The van der Waals surface area contributed by atoms with Crippen molar-refractivity contribution in [1.29, 1.82) is 15.8 Å². The number of hydrogen-bond acceptors (Lipinski definition) is 5. The zero-order valence-corrected chi connectivity index (χ0v) is 28.3. The molecule has 3 atom stereocenters. The summed E-state index contributed by atoms with van der Waals surface area (Å²) in [5.41, 5.74) is 14.2. The SMILES string of the molecule is Cc1ccccc1C1=C(Nc2ccccc2-c2cc(C3=CC(N4c5ccccc5C5C(C#N)=CC=CC54)=CCC3)ccc2C#N)C=CC(C#N)C1. The number of allylic oxidation sites excluding steroid dienone is 8. The van der Waals surface area contributed by atoms with Gasteiger partial charge < -0.3 is 10.2 Å². The van der Waals surface area contributed by atoms with Gasteiger partial charge in [0.15, 0.2) is 0 Å². The average molecular weight is 658 g/mol. The molecule has 0 fully saturated rings. The van der Waals surface area contributed by atoms with E-state index in [0.717, 1.165) is 74.6 Å². The van der Waals surface area contributed by atoms with Gasteiger partial charge in [0.25, 0.3) is 0 Å². The molecule has 5 nitrogen and oxygen atoms in total. The van der Waals surface area contributed by atoms with Crippen LogP contribution in [-0.4, -0.2) is 6.04 Å². The molecule has 0 saturated carbocycles. The van der Waals surface area contributed by atoms with Gasteiger partial charge in [0.2, 0.25) is 0 Å². The number of nitrogens with zero attached hydrogens (tertiary/aromatic N) is 4. The number of para-hydroxylation sites is 2. The number of nitrogens with one attached hydrogen (secondary N) is 1. The maximum atomic E-state index is 10.3. The van der Waals surface area contributed by atoms with Crippen LogP contribution < -0.4 is 10.2 Å². The molecule has 0 radical (unpaired) electrons. The van der Waals surface area contributed by atoms with Crippen molar-refractivity contribution in [3.63, 3.8) is 0 Å². The Kier molecular flexibility index (Phi) is 8.29. The van der Waals surface area contributed by atoms with Crippen LogP contribution in [0.15, 0.2) is 150 Å². The lowest BCUT2D eigenvalue weighted by Crippen LogP contribution is -2.33. The summed E-state index contributed by atoms with van der Waals surface area (Å²) in [4.78, 5) is 2.39. The molecule has 0 bridgehead atoms. The Balaban J connectivity index is 1.17. The van der Waals surface area contributed by atoms with Gasteiger partial charge >= 0.3 is 0 Å². The second-order valence-corrected chi connectivity index (χ2v) is 13.4. The lowest BCUT2D eigenvalue weighted by Gasteiger charge is -2.32. The predicted molar refractivity (Wildman–Crippen MR) is 205 cm³/mol. The zero-order valence-electron chi connectivity index (χ0n) is 28.3. The number of fused-ring (bicyclic) bond motifs is 3. The quantitative estimate of drug-likeness (QED) is 0.223. The summed E-state index contributed by atoms with van der Waals surface area (Å²) >= 11 is 0. The van der Waals surface area contributed by atoms with Crippen molar-refractivity contribution in [2.45, 2.75) is 38.1 Å². The van der Waals surface area contributed by atoms with E-state index in [0.29, 0.717) is 12.0 Å². The number of hydrogen-bond donors (Lipinski definition) is 1. The first-order valence-electron chi connectivity index (χ1n) is 17.4.